The van der Waals surface area contributed by atoms with Crippen LogP contribution in [0.4, 0.5) is 5.82 Å². The molecule has 0 aromatic carbocycles. The van der Waals surface area contributed by atoms with Gasteiger partial charge in [0, 0.05) is 32.1 Å². The number of amides is 1. The molecule has 7 nitrogen and oxygen atoms in total. The Morgan fingerprint density at radius 1 is 1.04 bits per heavy atom. The van der Waals surface area contributed by atoms with Crippen LogP contribution in [0.25, 0.3) is 11.5 Å². The second kappa shape index (κ2) is 7.23. The molecular weight excluding hydrogens is 320 g/mol. The van der Waals surface area contributed by atoms with Crippen molar-refractivity contribution in [1.82, 2.24) is 15.1 Å². The molecule has 0 atom stereocenters. The largest absolute Gasteiger partial charge is 0.463 e. The fourth-order valence-electron chi connectivity index (χ4n) is 3.45. The number of hydrogen-bond acceptors (Lipinski definition) is 6. The van der Waals surface area contributed by atoms with Crippen LogP contribution in [0.2, 0.25) is 0 Å². The summed E-state index contributed by atoms with van der Waals surface area (Å²) in [6, 6.07) is 7.59. The summed E-state index contributed by atoms with van der Waals surface area (Å²) in [6.45, 7) is 4.41. The van der Waals surface area contributed by atoms with E-state index in [1.54, 1.807) is 6.26 Å². The number of morpholine rings is 1. The molecule has 0 saturated carbocycles. The Labute approximate surface area is 146 Å². The number of furan rings is 1. The van der Waals surface area contributed by atoms with E-state index in [-0.39, 0.29) is 11.8 Å². The second-order valence-corrected chi connectivity index (χ2v) is 6.45. The molecule has 2 aromatic heterocycles. The van der Waals surface area contributed by atoms with Crippen LogP contribution in [-0.2, 0) is 9.53 Å². The van der Waals surface area contributed by atoms with E-state index < -0.39 is 0 Å². The molecule has 0 aliphatic carbocycles. The zero-order valence-electron chi connectivity index (χ0n) is 14.1. The van der Waals surface area contributed by atoms with Crippen LogP contribution in [0.15, 0.2) is 34.9 Å². The van der Waals surface area contributed by atoms with E-state index in [1.807, 2.05) is 29.2 Å². The number of aromatic nitrogens is 2. The van der Waals surface area contributed by atoms with Gasteiger partial charge in [-0.2, -0.15) is 0 Å². The van der Waals surface area contributed by atoms with Gasteiger partial charge >= 0.3 is 0 Å². The Morgan fingerprint density at radius 3 is 2.48 bits per heavy atom. The van der Waals surface area contributed by atoms with E-state index in [2.05, 4.69) is 15.1 Å². The molecule has 132 valence electrons. The van der Waals surface area contributed by atoms with Crippen LogP contribution in [0.3, 0.4) is 0 Å². The molecule has 25 heavy (non-hydrogen) atoms. The molecule has 1 amide bonds. The van der Waals surface area contributed by atoms with Crippen LogP contribution in [-0.4, -0.2) is 60.4 Å². The Morgan fingerprint density at radius 2 is 1.84 bits per heavy atom. The highest BCUT2D eigenvalue weighted by molar-refractivity contribution is 5.79. The maximum Gasteiger partial charge on any atom is 0.225 e. The van der Waals surface area contributed by atoms with Crippen molar-refractivity contribution in [3.63, 3.8) is 0 Å². The summed E-state index contributed by atoms with van der Waals surface area (Å²) in [4.78, 5) is 16.7. The minimum absolute atomic E-state index is 0.115. The first-order valence-corrected chi connectivity index (χ1v) is 8.80. The summed E-state index contributed by atoms with van der Waals surface area (Å²) in [6.07, 6.45) is 3.34. The SMILES string of the molecule is O=C(C1CCN(c2ccc(-c3ccco3)nn2)CC1)N1CCOCC1. The van der Waals surface area contributed by atoms with Crippen LogP contribution in [0.1, 0.15) is 12.8 Å². The molecule has 2 aromatic rings. The zero-order chi connectivity index (χ0) is 17.1. The quantitative estimate of drug-likeness (QED) is 0.847. The van der Waals surface area contributed by atoms with E-state index in [0.29, 0.717) is 19.0 Å². The average Bonchev–Trinajstić information content (AvgIpc) is 3.23. The lowest BCUT2D eigenvalue weighted by atomic mass is 9.95. The van der Waals surface area contributed by atoms with Gasteiger partial charge in [0.05, 0.1) is 19.5 Å². The first-order chi connectivity index (χ1) is 12.3. The summed E-state index contributed by atoms with van der Waals surface area (Å²) < 4.78 is 10.7. The predicted molar refractivity (Wildman–Crippen MR) is 92.1 cm³/mol. The predicted octanol–water partition coefficient (Wildman–Crippen LogP) is 1.81. The Kier molecular flexibility index (Phi) is 4.65. The van der Waals surface area contributed by atoms with Crippen molar-refractivity contribution in [2.24, 2.45) is 5.92 Å². The molecule has 0 bridgehead atoms. The van der Waals surface area contributed by atoms with Crippen molar-refractivity contribution in [3.05, 3.63) is 30.5 Å². The van der Waals surface area contributed by atoms with Gasteiger partial charge in [-0.05, 0) is 37.1 Å². The number of rotatable bonds is 3. The zero-order valence-corrected chi connectivity index (χ0v) is 14.1. The minimum Gasteiger partial charge on any atom is -0.463 e. The van der Waals surface area contributed by atoms with Gasteiger partial charge in [-0.3, -0.25) is 4.79 Å². The molecule has 0 unspecified atom stereocenters. The third-order valence-electron chi connectivity index (χ3n) is 4.92. The van der Waals surface area contributed by atoms with Gasteiger partial charge in [-0.1, -0.05) is 0 Å². The number of hydrogen-bond donors (Lipinski definition) is 0. The van der Waals surface area contributed by atoms with Crippen molar-refractivity contribution in [3.8, 4) is 11.5 Å². The van der Waals surface area contributed by atoms with Gasteiger partial charge in [-0.25, -0.2) is 0 Å². The van der Waals surface area contributed by atoms with Crippen molar-refractivity contribution >= 4 is 11.7 Å². The number of nitrogens with zero attached hydrogens (tertiary/aromatic N) is 4. The first kappa shape index (κ1) is 16.1. The number of carbonyl (C=O) groups excluding carboxylic acids is 1. The highest BCUT2D eigenvalue weighted by atomic mass is 16.5. The van der Waals surface area contributed by atoms with Gasteiger partial charge in [-0.15, -0.1) is 10.2 Å². The maximum atomic E-state index is 12.6. The lowest BCUT2D eigenvalue weighted by molar-refractivity contribution is -0.140. The van der Waals surface area contributed by atoms with Crippen molar-refractivity contribution in [1.29, 1.82) is 0 Å². The van der Waals surface area contributed by atoms with Crippen molar-refractivity contribution < 1.29 is 13.9 Å². The molecule has 2 aliphatic heterocycles. The van der Waals surface area contributed by atoms with Crippen molar-refractivity contribution in [2.45, 2.75) is 12.8 Å². The average molecular weight is 342 g/mol. The lowest BCUT2D eigenvalue weighted by Gasteiger charge is -2.35. The van der Waals surface area contributed by atoms with E-state index >= 15 is 0 Å². The third kappa shape index (κ3) is 3.51. The van der Waals surface area contributed by atoms with E-state index in [1.165, 1.54) is 0 Å². The number of piperidine rings is 1. The molecule has 0 spiro atoms. The molecule has 0 N–H and O–H groups in total. The van der Waals surface area contributed by atoms with E-state index in [9.17, 15) is 4.79 Å². The third-order valence-corrected chi connectivity index (χ3v) is 4.92. The minimum atomic E-state index is 0.115. The van der Waals surface area contributed by atoms with Gasteiger partial charge in [0.15, 0.2) is 11.6 Å². The fraction of sp³-hybridized carbons (Fsp3) is 0.500. The van der Waals surface area contributed by atoms with Crippen LogP contribution < -0.4 is 4.90 Å². The van der Waals surface area contributed by atoms with Crippen molar-refractivity contribution in [2.75, 3.05) is 44.3 Å². The van der Waals surface area contributed by atoms with Gasteiger partial charge in [0.2, 0.25) is 5.91 Å². The van der Waals surface area contributed by atoms with Crippen LogP contribution in [0.5, 0.6) is 0 Å². The smallest absolute Gasteiger partial charge is 0.225 e. The summed E-state index contributed by atoms with van der Waals surface area (Å²) in [5, 5.41) is 8.57. The van der Waals surface area contributed by atoms with Gasteiger partial charge in [0.1, 0.15) is 5.69 Å². The number of ether oxygens (including phenoxy) is 1. The number of carbonyl (C=O) groups is 1. The normalized spacial score (nSPS) is 19.2. The van der Waals surface area contributed by atoms with E-state index in [0.717, 1.165) is 50.5 Å². The number of anilines is 1. The maximum absolute atomic E-state index is 12.6. The highest BCUT2D eigenvalue weighted by Crippen LogP contribution is 2.25. The second-order valence-electron chi connectivity index (χ2n) is 6.45. The monoisotopic (exact) mass is 342 g/mol. The standard InChI is InChI=1S/C18H22N4O3/c23-18(22-9-12-24-13-10-22)14-5-7-21(8-6-14)17-4-3-15(19-20-17)16-2-1-11-25-16/h1-4,11,14H,5-10,12-13H2. The molecule has 2 saturated heterocycles. The summed E-state index contributed by atoms with van der Waals surface area (Å²) >= 11 is 0. The topological polar surface area (TPSA) is 71.7 Å². The summed E-state index contributed by atoms with van der Waals surface area (Å²) in [5.41, 5.74) is 0.728. The molecule has 2 fully saturated rings. The first-order valence-electron chi connectivity index (χ1n) is 8.80. The summed E-state index contributed by atoms with van der Waals surface area (Å²) in [5.74, 6) is 1.97. The van der Waals surface area contributed by atoms with Crippen LogP contribution in [0, 0.1) is 5.92 Å². The molecule has 2 aliphatic rings. The molecular formula is C18H22N4O3. The van der Waals surface area contributed by atoms with Crippen LogP contribution >= 0.6 is 0 Å². The molecule has 4 heterocycles. The Bertz CT molecular complexity index is 688. The molecule has 0 radical (unpaired) electrons. The molecule has 7 heteroatoms. The van der Waals surface area contributed by atoms with Gasteiger partial charge < -0.3 is 19.0 Å². The Balaban J connectivity index is 1.34. The molecule has 4 rings (SSSR count). The highest BCUT2D eigenvalue weighted by Gasteiger charge is 2.29. The van der Waals surface area contributed by atoms with Gasteiger partial charge in [0.25, 0.3) is 0 Å². The van der Waals surface area contributed by atoms with E-state index in [4.69, 9.17) is 9.15 Å². The summed E-state index contributed by atoms with van der Waals surface area (Å²) in [7, 11) is 0. The fourth-order valence-corrected chi connectivity index (χ4v) is 3.45. The Hall–Kier alpha value is -2.41. The lowest BCUT2D eigenvalue weighted by Crippen LogP contribution is -2.47.